The van der Waals surface area contributed by atoms with Crippen LogP contribution in [-0.4, -0.2) is 10.1 Å². The van der Waals surface area contributed by atoms with Gasteiger partial charge in [0.05, 0.1) is 17.3 Å². The molecular formula is C12H8ClN3O. The molecule has 5 heteroatoms. The topological polar surface area (TPSA) is 64.9 Å². The summed E-state index contributed by atoms with van der Waals surface area (Å²) in [6.45, 7) is 0. The second kappa shape index (κ2) is 3.75. The minimum atomic E-state index is 0.354. The fraction of sp³-hybridized carbons (Fsp3) is 0. The van der Waals surface area contributed by atoms with Gasteiger partial charge in [-0.1, -0.05) is 35.0 Å². The van der Waals surface area contributed by atoms with Gasteiger partial charge >= 0.3 is 0 Å². The lowest BCUT2D eigenvalue weighted by Gasteiger charge is -2.03. The van der Waals surface area contributed by atoms with Crippen molar-refractivity contribution in [2.75, 3.05) is 5.73 Å². The fourth-order valence-electron chi connectivity index (χ4n) is 1.70. The molecule has 3 aromatic rings. The molecule has 0 bridgehead atoms. The summed E-state index contributed by atoms with van der Waals surface area (Å²) < 4.78 is 5.08. The van der Waals surface area contributed by atoms with E-state index in [0.29, 0.717) is 22.2 Å². The number of para-hydroxylation sites is 1. The molecule has 84 valence electrons. The number of benzene rings is 1. The lowest BCUT2D eigenvalue weighted by atomic mass is 10.1. The summed E-state index contributed by atoms with van der Waals surface area (Å²) in [5.41, 5.74) is 7.68. The Labute approximate surface area is 102 Å². The van der Waals surface area contributed by atoms with Gasteiger partial charge in [0.15, 0.2) is 5.76 Å². The van der Waals surface area contributed by atoms with E-state index in [0.717, 1.165) is 10.9 Å². The predicted octanol–water partition coefficient (Wildman–Crippen LogP) is 3.13. The molecule has 0 radical (unpaired) electrons. The molecule has 0 saturated heterocycles. The first-order valence-corrected chi connectivity index (χ1v) is 5.39. The van der Waals surface area contributed by atoms with E-state index in [1.807, 2.05) is 30.3 Å². The molecule has 0 amide bonds. The minimum absolute atomic E-state index is 0.354. The highest BCUT2D eigenvalue weighted by molar-refractivity contribution is 6.32. The standard InChI is InChI=1S/C12H8ClN3O/c13-12-8(11-9(14)6-15-17-11)5-7-3-1-2-4-10(7)16-12/h1-6H,14H2. The number of rotatable bonds is 1. The smallest absolute Gasteiger partial charge is 0.192 e. The van der Waals surface area contributed by atoms with Crippen molar-refractivity contribution in [2.45, 2.75) is 0 Å². The summed E-state index contributed by atoms with van der Waals surface area (Å²) in [5.74, 6) is 0.452. The van der Waals surface area contributed by atoms with Gasteiger partial charge in [-0.25, -0.2) is 4.98 Å². The van der Waals surface area contributed by atoms with E-state index in [9.17, 15) is 0 Å². The Kier molecular flexibility index (Phi) is 2.23. The van der Waals surface area contributed by atoms with Crippen LogP contribution in [0.5, 0.6) is 0 Å². The van der Waals surface area contributed by atoms with Gasteiger partial charge in [0.25, 0.3) is 0 Å². The summed E-state index contributed by atoms with van der Waals surface area (Å²) in [6, 6.07) is 9.59. The first kappa shape index (κ1) is 10.1. The van der Waals surface area contributed by atoms with Crippen molar-refractivity contribution >= 4 is 28.2 Å². The molecule has 1 aromatic carbocycles. The molecule has 0 spiro atoms. The Morgan fingerprint density at radius 3 is 2.82 bits per heavy atom. The molecule has 0 fully saturated rings. The van der Waals surface area contributed by atoms with Crippen molar-refractivity contribution in [3.63, 3.8) is 0 Å². The number of aromatic nitrogens is 2. The van der Waals surface area contributed by atoms with Crippen LogP contribution in [-0.2, 0) is 0 Å². The monoisotopic (exact) mass is 245 g/mol. The van der Waals surface area contributed by atoms with E-state index >= 15 is 0 Å². The summed E-state index contributed by atoms with van der Waals surface area (Å²) >= 11 is 6.11. The molecule has 0 aliphatic carbocycles. The van der Waals surface area contributed by atoms with Crippen LogP contribution < -0.4 is 5.73 Å². The van der Waals surface area contributed by atoms with E-state index in [-0.39, 0.29) is 0 Å². The second-order valence-electron chi connectivity index (χ2n) is 3.63. The van der Waals surface area contributed by atoms with Crippen LogP contribution in [0, 0.1) is 0 Å². The van der Waals surface area contributed by atoms with Crippen LogP contribution in [0.2, 0.25) is 5.15 Å². The highest BCUT2D eigenvalue weighted by Crippen LogP contribution is 2.32. The third kappa shape index (κ3) is 1.62. The van der Waals surface area contributed by atoms with Gasteiger partial charge in [-0.3, -0.25) is 0 Å². The third-order valence-corrected chi connectivity index (χ3v) is 2.81. The Morgan fingerprint density at radius 2 is 2.06 bits per heavy atom. The largest absolute Gasteiger partial charge is 0.394 e. The first-order chi connectivity index (χ1) is 8.25. The lowest BCUT2D eigenvalue weighted by Crippen LogP contribution is -1.88. The normalized spacial score (nSPS) is 10.9. The van der Waals surface area contributed by atoms with Crippen molar-refractivity contribution in [1.29, 1.82) is 0 Å². The molecule has 2 heterocycles. The van der Waals surface area contributed by atoms with Crippen LogP contribution in [0.1, 0.15) is 0 Å². The zero-order valence-electron chi connectivity index (χ0n) is 8.72. The quantitative estimate of drug-likeness (QED) is 0.669. The van der Waals surface area contributed by atoms with Crippen molar-refractivity contribution < 1.29 is 4.52 Å². The number of nitrogen functional groups attached to an aromatic ring is 1. The molecule has 2 N–H and O–H groups in total. The molecule has 3 rings (SSSR count). The molecule has 0 aliphatic rings. The van der Waals surface area contributed by atoms with Crippen LogP contribution in [0.4, 0.5) is 5.69 Å². The second-order valence-corrected chi connectivity index (χ2v) is 3.99. The average Bonchev–Trinajstić information content (AvgIpc) is 2.74. The Bertz CT molecular complexity index is 693. The highest BCUT2D eigenvalue weighted by atomic mass is 35.5. The van der Waals surface area contributed by atoms with Crippen LogP contribution in [0.25, 0.3) is 22.2 Å². The van der Waals surface area contributed by atoms with Gasteiger partial charge in [0.1, 0.15) is 10.8 Å². The van der Waals surface area contributed by atoms with Crippen LogP contribution >= 0.6 is 11.6 Å². The van der Waals surface area contributed by atoms with Gasteiger partial charge in [-0.05, 0) is 12.1 Å². The summed E-state index contributed by atoms with van der Waals surface area (Å²) in [5, 5.41) is 4.96. The molecule has 0 saturated carbocycles. The van der Waals surface area contributed by atoms with Crippen LogP contribution in [0.3, 0.4) is 0 Å². The number of hydrogen-bond acceptors (Lipinski definition) is 4. The number of halogens is 1. The number of fused-ring (bicyclic) bond motifs is 1. The van der Waals surface area contributed by atoms with Gasteiger partial charge in [0, 0.05) is 5.39 Å². The molecule has 17 heavy (non-hydrogen) atoms. The first-order valence-electron chi connectivity index (χ1n) is 5.01. The van der Waals surface area contributed by atoms with Gasteiger partial charge in [-0.15, -0.1) is 0 Å². The zero-order valence-corrected chi connectivity index (χ0v) is 9.48. The van der Waals surface area contributed by atoms with Crippen molar-refractivity contribution in [1.82, 2.24) is 10.1 Å². The lowest BCUT2D eigenvalue weighted by molar-refractivity contribution is 0.432. The van der Waals surface area contributed by atoms with Gasteiger partial charge in [-0.2, -0.15) is 0 Å². The van der Waals surface area contributed by atoms with Gasteiger partial charge < -0.3 is 10.3 Å². The predicted molar refractivity (Wildman–Crippen MR) is 66.7 cm³/mol. The minimum Gasteiger partial charge on any atom is -0.394 e. The average molecular weight is 246 g/mol. The highest BCUT2D eigenvalue weighted by Gasteiger charge is 2.13. The molecule has 0 atom stereocenters. The molecule has 0 unspecified atom stereocenters. The van der Waals surface area contributed by atoms with Crippen LogP contribution in [0.15, 0.2) is 41.1 Å². The van der Waals surface area contributed by atoms with Crippen molar-refractivity contribution in [3.8, 4) is 11.3 Å². The van der Waals surface area contributed by atoms with E-state index in [1.54, 1.807) is 0 Å². The Hall–Kier alpha value is -2.07. The number of anilines is 1. The van der Waals surface area contributed by atoms with E-state index in [4.69, 9.17) is 21.9 Å². The number of hydrogen-bond donors (Lipinski definition) is 1. The maximum absolute atomic E-state index is 6.11. The Balaban J connectivity index is 2.30. The third-order valence-electron chi connectivity index (χ3n) is 2.52. The maximum atomic E-state index is 6.11. The molecular weight excluding hydrogens is 238 g/mol. The van der Waals surface area contributed by atoms with Crippen molar-refractivity contribution in [2.24, 2.45) is 0 Å². The van der Waals surface area contributed by atoms with Crippen molar-refractivity contribution in [3.05, 3.63) is 41.7 Å². The summed E-state index contributed by atoms with van der Waals surface area (Å²) in [4.78, 5) is 4.29. The summed E-state index contributed by atoms with van der Waals surface area (Å²) in [7, 11) is 0. The van der Waals surface area contributed by atoms with E-state index < -0.39 is 0 Å². The Morgan fingerprint density at radius 1 is 1.24 bits per heavy atom. The number of nitrogens with two attached hydrogens (primary N) is 1. The zero-order chi connectivity index (χ0) is 11.8. The van der Waals surface area contributed by atoms with E-state index in [2.05, 4.69) is 10.1 Å². The molecule has 2 aromatic heterocycles. The fourth-order valence-corrected chi connectivity index (χ4v) is 1.93. The van der Waals surface area contributed by atoms with E-state index in [1.165, 1.54) is 6.20 Å². The maximum Gasteiger partial charge on any atom is 0.192 e. The summed E-state index contributed by atoms with van der Waals surface area (Å²) in [6.07, 6.45) is 1.45. The number of nitrogens with zero attached hydrogens (tertiary/aromatic N) is 2. The SMILES string of the molecule is Nc1cnoc1-c1cc2ccccc2nc1Cl. The molecule has 4 nitrogen and oxygen atoms in total. The van der Waals surface area contributed by atoms with Gasteiger partial charge in [0.2, 0.25) is 0 Å². The number of pyridine rings is 1. The molecule has 0 aliphatic heterocycles.